The van der Waals surface area contributed by atoms with E-state index in [2.05, 4.69) is 0 Å². The molecular weight excluding hydrogens is 404 g/mol. The zero-order valence-electron chi connectivity index (χ0n) is 20.3. The Kier molecular flexibility index (Phi) is 9.82. The number of benzene rings is 1. The van der Waals surface area contributed by atoms with Crippen molar-refractivity contribution in [1.29, 1.82) is 0 Å². The van der Waals surface area contributed by atoms with E-state index in [1.54, 1.807) is 65.8 Å². The summed E-state index contributed by atoms with van der Waals surface area (Å²) in [5, 5.41) is 0. The smallest absolute Gasteiger partial charge is 0.324 e. The molecule has 5 heteroatoms. The van der Waals surface area contributed by atoms with E-state index in [1.165, 1.54) is 6.08 Å². The summed E-state index contributed by atoms with van der Waals surface area (Å²) in [4.78, 5) is 39.6. The maximum atomic E-state index is 13.3. The Balaban J connectivity index is 3.39. The minimum absolute atomic E-state index is 0.0217. The molecule has 1 rings (SSSR count). The summed E-state index contributed by atoms with van der Waals surface area (Å²) >= 11 is 0. The van der Waals surface area contributed by atoms with Crippen LogP contribution in [0.15, 0.2) is 60.7 Å². The molecule has 0 bridgehead atoms. The van der Waals surface area contributed by atoms with Crippen LogP contribution < -0.4 is 0 Å². The molecule has 5 nitrogen and oxygen atoms in total. The first kappa shape index (κ1) is 27.1. The lowest BCUT2D eigenvalue weighted by Gasteiger charge is -2.33. The molecular formula is C27H36O5. The number of hydrogen-bond donors (Lipinski definition) is 0. The predicted molar refractivity (Wildman–Crippen MR) is 128 cm³/mol. The molecule has 0 unspecified atom stereocenters. The van der Waals surface area contributed by atoms with Crippen molar-refractivity contribution in [3.63, 3.8) is 0 Å². The summed E-state index contributed by atoms with van der Waals surface area (Å²) in [5.41, 5.74) is -2.62. The Labute approximate surface area is 192 Å². The predicted octanol–water partition coefficient (Wildman–Crippen LogP) is 5.85. The molecule has 0 aliphatic heterocycles. The lowest BCUT2D eigenvalue weighted by molar-refractivity contribution is -0.186. The molecule has 1 aromatic carbocycles. The van der Waals surface area contributed by atoms with Gasteiger partial charge < -0.3 is 9.47 Å². The van der Waals surface area contributed by atoms with Crippen molar-refractivity contribution in [2.45, 2.75) is 72.5 Å². The molecule has 0 spiro atoms. The standard InChI is InChI=1S/C27H36O5/c1-8-9-10-14-19-27(23(29)31-25(2,3)4,24(30)32-26(5,6)7)20-22(28)18-17-21-15-12-11-13-16-21/h8-18H,19-20H2,1-7H3/b9-8+,14-10+,18-17+. The van der Waals surface area contributed by atoms with E-state index >= 15 is 0 Å². The first-order valence-corrected chi connectivity index (χ1v) is 10.8. The summed E-state index contributed by atoms with van der Waals surface area (Å²) in [6.07, 6.45) is 9.68. The van der Waals surface area contributed by atoms with E-state index in [1.807, 2.05) is 43.3 Å². The number of ether oxygens (including phenoxy) is 2. The molecule has 0 aliphatic carbocycles. The van der Waals surface area contributed by atoms with Gasteiger partial charge in [0.2, 0.25) is 0 Å². The van der Waals surface area contributed by atoms with Crippen molar-refractivity contribution in [1.82, 2.24) is 0 Å². The van der Waals surface area contributed by atoms with E-state index in [9.17, 15) is 14.4 Å². The normalized spacial score (nSPS) is 13.1. The number of carbonyl (C=O) groups excluding carboxylic acids is 3. The Morgan fingerprint density at radius 3 is 1.84 bits per heavy atom. The van der Waals surface area contributed by atoms with Crippen LogP contribution in [0.1, 0.15) is 66.9 Å². The first-order chi connectivity index (χ1) is 14.8. The van der Waals surface area contributed by atoms with Crippen LogP contribution in [-0.4, -0.2) is 28.9 Å². The van der Waals surface area contributed by atoms with Crippen LogP contribution in [0.4, 0.5) is 0 Å². The molecule has 0 amide bonds. The van der Waals surface area contributed by atoms with Gasteiger partial charge in [-0.05, 0) is 66.5 Å². The summed E-state index contributed by atoms with van der Waals surface area (Å²) in [7, 11) is 0. The monoisotopic (exact) mass is 440 g/mol. The third-order valence-electron chi connectivity index (χ3n) is 4.22. The fraction of sp³-hybridized carbons (Fsp3) is 0.444. The average Bonchev–Trinajstić information content (AvgIpc) is 2.66. The number of rotatable bonds is 9. The van der Waals surface area contributed by atoms with Gasteiger partial charge in [0.15, 0.2) is 11.2 Å². The van der Waals surface area contributed by atoms with E-state index in [-0.39, 0.29) is 18.6 Å². The van der Waals surface area contributed by atoms with E-state index in [0.717, 1.165) is 5.56 Å². The minimum Gasteiger partial charge on any atom is -0.459 e. The highest BCUT2D eigenvalue weighted by Gasteiger charge is 2.51. The van der Waals surface area contributed by atoms with Gasteiger partial charge in [0.05, 0.1) is 0 Å². The van der Waals surface area contributed by atoms with Crippen molar-refractivity contribution < 1.29 is 23.9 Å². The maximum Gasteiger partial charge on any atom is 0.324 e. The summed E-state index contributed by atoms with van der Waals surface area (Å²) < 4.78 is 11.2. The molecule has 0 saturated carbocycles. The number of carbonyl (C=O) groups is 3. The zero-order chi connectivity index (χ0) is 24.4. The molecule has 0 aliphatic rings. The van der Waals surface area contributed by atoms with Gasteiger partial charge in [-0.2, -0.15) is 0 Å². The molecule has 0 aromatic heterocycles. The topological polar surface area (TPSA) is 69.7 Å². The molecule has 0 radical (unpaired) electrons. The third-order valence-corrected chi connectivity index (χ3v) is 4.22. The first-order valence-electron chi connectivity index (χ1n) is 10.8. The highest BCUT2D eigenvalue weighted by atomic mass is 16.6. The quantitative estimate of drug-likeness (QED) is 0.208. The van der Waals surface area contributed by atoms with Gasteiger partial charge in [0.1, 0.15) is 11.2 Å². The van der Waals surface area contributed by atoms with Crippen LogP contribution >= 0.6 is 0 Å². The molecule has 1 aromatic rings. The van der Waals surface area contributed by atoms with Crippen LogP contribution in [0, 0.1) is 5.41 Å². The highest BCUT2D eigenvalue weighted by molar-refractivity contribution is 6.07. The molecule has 0 heterocycles. The van der Waals surface area contributed by atoms with Crippen molar-refractivity contribution in [2.75, 3.05) is 0 Å². The molecule has 0 saturated heterocycles. The Hall–Kier alpha value is -2.95. The van der Waals surface area contributed by atoms with Crippen LogP contribution in [0.5, 0.6) is 0 Å². The maximum absolute atomic E-state index is 13.3. The molecule has 174 valence electrons. The number of esters is 2. The average molecular weight is 441 g/mol. The molecule has 32 heavy (non-hydrogen) atoms. The largest absolute Gasteiger partial charge is 0.459 e. The lowest BCUT2D eigenvalue weighted by Crippen LogP contribution is -2.47. The number of allylic oxidation sites excluding steroid dienone is 5. The molecule has 0 N–H and O–H groups in total. The lowest BCUT2D eigenvalue weighted by atomic mass is 9.78. The van der Waals surface area contributed by atoms with Gasteiger partial charge in [0.25, 0.3) is 0 Å². The van der Waals surface area contributed by atoms with Crippen molar-refractivity contribution in [2.24, 2.45) is 5.41 Å². The SMILES string of the molecule is C/C=C/C=C/CC(CC(=O)/C=C/c1ccccc1)(C(=O)OC(C)(C)C)C(=O)OC(C)(C)C. The van der Waals surface area contributed by atoms with Crippen LogP contribution in [-0.2, 0) is 23.9 Å². The molecule has 0 fully saturated rings. The minimum atomic E-state index is -1.79. The van der Waals surface area contributed by atoms with E-state index in [0.29, 0.717) is 0 Å². The summed E-state index contributed by atoms with van der Waals surface area (Å²) in [5.74, 6) is -1.92. The van der Waals surface area contributed by atoms with Gasteiger partial charge >= 0.3 is 11.9 Å². The van der Waals surface area contributed by atoms with E-state index < -0.39 is 28.6 Å². The zero-order valence-corrected chi connectivity index (χ0v) is 20.3. The number of hydrogen-bond acceptors (Lipinski definition) is 5. The Bertz CT molecular complexity index is 834. The molecule has 0 atom stereocenters. The van der Waals surface area contributed by atoms with Gasteiger partial charge in [-0.25, -0.2) is 0 Å². The van der Waals surface area contributed by atoms with Crippen LogP contribution in [0.25, 0.3) is 6.08 Å². The van der Waals surface area contributed by atoms with Crippen molar-refractivity contribution in [3.8, 4) is 0 Å². The van der Waals surface area contributed by atoms with Gasteiger partial charge in [-0.3, -0.25) is 14.4 Å². The highest BCUT2D eigenvalue weighted by Crippen LogP contribution is 2.35. The third kappa shape index (κ3) is 9.46. The van der Waals surface area contributed by atoms with Crippen LogP contribution in [0.3, 0.4) is 0 Å². The van der Waals surface area contributed by atoms with Crippen molar-refractivity contribution in [3.05, 3.63) is 66.3 Å². The van der Waals surface area contributed by atoms with Gasteiger partial charge in [-0.15, -0.1) is 0 Å². The fourth-order valence-electron chi connectivity index (χ4n) is 2.79. The second kappa shape index (κ2) is 11.6. The Morgan fingerprint density at radius 2 is 1.38 bits per heavy atom. The Morgan fingerprint density at radius 1 is 0.844 bits per heavy atom. The van der Waals surface area contributed by atoms with Crippen molar-refractivity contribution >= 4 is 23.8 Å². The second-order valence-electron chi connectivity index (χ2n) is 9.63. The second-order valence-corrected chi connectivity index (χ2v) is 9.63. The van der Waals surface area contributed by atoms with Crippen LogP contribution in [0.2, 0.25) is 0 Å². The summed E-state index contributed by atoms with van der Waals surface area (Å²) in [6, 6.07) is 9.33. The van der Waals surface area contributed by atoms with E-state index in [4.69, 9.17) is 9.47 Å². The van der Waals surface area contributed by atoms with Gasteiger partial charge in [0, 0.05) is 6.42 Å². The summed E-state index contributed by atoms with van der Waals surface area (Å²) in [6.45, 7) is 12.2. The van der Waals surface area contributed by atoms with Gasteiger partial charge in [-0.1, -0.05) is 60.7 Å². The fourth-order valence-corrected chi connectivity index (χ4v) is 2.79. The number of ketones is 1.